The molecule has 0 amide bonds. The molecule has 3 aromatic rings. The summed E-state index contributed by atoms with van der Waals surface area (Å²) in [6, 6.07) is 13.7. The summed E-state index contributed by atoms with van der Waals surface area (Å²) in [5, 5.41) is 4.19. The average molecular weight is 295 g/mol. The second kappa shape index (κ2) is 5.07. The van der Waals surface area contributed by atoms with Crippen LogP contribution in [0.15, 0.2) is 42.5 Å². The highest BCUT2D eigenvalue weighted by atomic mass is 16.7. The van der Waals surface area contributed by atoms with Crippen molar-refractivity contribution in [3.05, 3.63) is 42.5 Å². The Kier molecular flexibility index (Phi) is 2.93. The van der Waals surface area contributed by atoms with Crippen molar-refractivity contribution < 1.29 is 14.2 Å². The highest BCUT2D eigenvalue weighted by molar-refractivity contribution is 5.91. The Bertz CT molecular complexity index is 851. The van der Waals surface area contributed by atoms with Crippen LogP contribution < -0.4 is 19.5 Å². The number of rotatable bonds is 3. The van der Waals surface area contributed by atoms with Gasteiger partial charge in [0, 0.05) is 5.39 Å². The van der Waals surface area contributed by atoms with Gasteiger partial charge in [-0.25, -0.2) is 0 Å². The molecule has 0 atom stereocenters. The van der Waals surface area contributed by atoms with Crippen LogP contribution in [0.5, 0.6) is 17.5 Å². The number of nitrogens with zero attached hydrogens (tertiary/aromatic N) is 2. The van der Waals surface area contributed by atoms with Crippen molar-refractivity contribution in [2.75, 3.05) is 19.2 Å². The van der Waals surface area contributed by atoms with Crippen LogP contribution in [-0.2, 0) is 0 Å². The summed E-state index contributed by atoms with van der Waals surface area (Å²) in [5.74, 6) is 2.06. The molecular weight excluding hydrogens is 282 g/mol. The second-order valence-corrected chi connectivity index (χ2v) is 4.74. The average Bonchev–Trinajstić information content (AvgIpc) is 3.04. The molecule has 1 aromatic heterocycles. The molecule has 2 aromatic carbocycles. The fourth-order valence-electron chi connectivity index (χ4n) is 2.40. The van der Waals surface area contributed by atoms with Crippen molar-refractivity contribution in [3.8, 4) is 17.5 Å². The molecule has 1 aliphatic heterocycles. The minimum atomic E-state index is 0.224. The maximum atomic E-state index is 5.51. The Hall–Kier alpha value is -3.02. The molecule has 6 heteroatoms. The third-order valence-corrected chi connectivity index (χ3v) is 3.41. The first-order chi connectivity index (χ1) is 10.8. The van der Waals surface area contributed by atoms with Gasteiger partial charge in [0.25, 0.3) is 0 Å². The van der Waals surface area contributed by atoms with Gasteiger partial charge >= 0.3 is 6.01 Å². The molecule has 0 aliphatic carbocycles. The first-order valence-corrected chi connectivity index (χ1v) is 6.81. The van der Waals surface area contributed by atoms with Gasteiger partial charge in [-0.1, -0.05) is 18.2 Å². The minimum Gasteiger partial charge on any atom is -0.467 e. The summed E-state index contributed by atoms with van der Waals surface area (Å²) >= 11 is 0. The first-order valence-electron chi connectivity index (χ1n) is 6.81. The predicted molar refractivity (Wildman–Crippen MR) is 81.9 cm³/mol. The summed E-state index contributed by atoms with van der Waals surface area (Å²) in [5.41, 5.74) is 1.60. The topological polar surface area (TPSA) is 65.5 Å². The van der Waals surface area contributed by atoms with Gasteiger partial charge in [0.15, 0.2) is 11.5 Å². The van der Waals surface area contributed by atoms with Gasteiger partial charge in [-0.2, -0.15) is 9.97 Å². The zero-order chi connectivity index (χ0) is 14.9. The van der Waals surface area contributed by atoms with E-state index in [0.717, 1.165) is 22.3 Å². The van der Waals surface area contributed by atoms with Crippen LogP contribution in [0.2, 0.25) is 0 Å². The van der Waals surface area contributed by atoms with Crippen LogP contribution in [-0.4, -0.2) is 23.9 Å². The number of hydrogen-bond acceptors (Lipinski definition) is 6. The lowest BCUT2D eigenvalue weighted by molar-refractivity contribution is 0.174. The molecule has 22 heavy (non-hydrogen) atoms. The molecule has 6 nitrogen and oxygen atoms in total. The molecule has 0 bridgehead atoms. The maximum absolute atomic E-state index is 5.51. The number of benzene rings is 2. The van der Waals surface area contributed by atoms with E-state index < -0.39 is 0 Å². The number of fused-ring (bicyclic) bond motifs is 2. The SMILES string of the molecule is COc1nc(Nc2cccc3c2OCO3)c2ccccc2n1. The summed E-state index contributed by atoms with van der Waals surface area (Å²) in [6.45, 7) is 0.224. The Labute approximate surface area is 126 Å². The van der Waals surface area contributed by atoms with Crippen molar-refractivity contribution in [1.82, 2.24) is 9.97 Å². The van der Waals surface area contributed by atoms with Crippen molar-refractivity contribution in [3.63, 3.8) is 0 Å². The highest BCUT2D eigenvalue weighted by Crippen LogP contribution is 2.40. The Balaban J connectivity index is 1.83. The summed E-state index contributed by atoms with van der Waals surface area (Å²) in [6.07, 6.45) is 0. The normalized spacial score (nSPS) is 12.4. The molecule has 4 rings (SSSR count). The van der Waals surface area contributed by atoms with Gasteiger partial charge in [-0.05, 0) is 24.3 Å². The van der Waals surface area contributed by atoms with Crippen LogP contribution in [0.4, 0.5) is 11.5 Å². The van der Waals surface area contributed by atoms with E-state index in [4.69, 9.17) is 14.2 Å². The van der Waals surface area contributed by atoms with E-state index in [1.165, 1.54) is 0 Å². The Morgan fingerprint density at radius 1 is 1.05 bits per heavy atom. The number of methoxy groups -OCH3 is 1. The molecule has 0 unspecified atom stereocenters. The quantitative estimate of drug-likeness (QED) is 0.801. The lowest BCUT2D eigenvalue weighted by atomic mass is 10.2. The van der Waals surface area contributed by atoms with E-state index in [-0.39, 0.29) is 6.79 Å². The third-order valence-electron chi connectivity index (χ3n) is 3.41. The molecular formula is C16H13N3O3. The lowest BCUT2D eigenvalue weighted by Crippen LogP contribution is -2.00. The molecule has 0 spiro atoms. The van der Waals surface area contributed by atoms with Gasteiger partial charge in [0.2, 0.25) is 6.79 Å². The first kappa shape index (κ1) is 12.7. The smallest absolute Gasteiger partial charge is 0.318 e. The minimum absolute atomic E-state index is 0.224. The molecule has 2 heterocycles. The summed E-state index contributed by atoms with van der Waals surface area (Å²) in [4.78, 5) is 8.74. The van der Waals surface area contributed by atoms with Gasteiger partial charge in [-0.3, -0.25) is 0 Å². The van der Waals surface area contributed by atoms with Crippen molar-refractivity contribution in [2.24, 2.45) is 0 Å². The zero-order valence-corrected chi connectivity index (χ0v) is 11.9. The van der Waals surface area contributed by atoms with E-state index in [2.05, 4.69) is 15.3 Å². The highest BCUT2D eigenvalue weighted by Gasteiger charge is 2.18. The number of ether oxygens (including phenoxy) is 3. The van der Waals surface area contributed by atoms with E-state index in [1.807, 2.05) is 42.5 Å². The summed E-state index contributed by atoms with van der Waals surface area (Å²) < 4.78 is 16.1. The number of para-hydroxylation sites is 2. The third kappa shape index (κ3) is 2.05. The van der Waals surface area contributed by atoms with Crippen molar-refractivity contribution >= 4 is 22.4 Å². The van der Waals surface area contributed by atoms with Crippen LogP contribution in [0.25, 0.3) is 10.9 Å². The number of aromatic nitrogens is 2. The Morgan fingerprint density at radius 3 is 2.86 bits per heavy atom. The standard InChI is InChI=1S/C16H13N3O3/c1-20-16-18-11-6-3-2-5-10(11)15(19-16)17-12-7-4-8-13-14(12)22-9-21-13/h2-8H,9H2,1H3,(H,17,18,19). The lowest BCUT2D eigenvalue weighted by Gasteiger charge is -2.11. The molecule has 0 saturated heterocycles. The van der Waals surface area contributed by atoms with Crippen molar-refractivity contribution in [1.29, 1.82) is 0 Å². The van der Waals surface area contributed by atoms with E-state index in [1.54, 1.807) is 7.11 Å². The van der Waals surface area contributed by atoms with Gasteiger partial charge in [0.1, 0.15) is 5.82 Å². The number of nitrogens with one attached hydrogen (secondary N) is 1. The van der Waals surface area contributed by atoms with Crippen LogP contribution in [0.1, 0.15) is 0 Å². The second-order valence-electron chi connectivity index (χ2n) is 4.74. The van der Waals surface area contributed by atoms with Crippen LogP contribution in [0, 0.1) is 0 Å². The van der Waals surface area contributed by atoms with Gasteiger partial charge in [0.05, 0.1) is 18.3 Å². The predicted octanol–water partition coefficient (Wildman–Crippen LogP) is 3.11. The fraction of sp³-hybridized carbons (Fsp3) is 0.125. The van der Waals surface area contributed by atoms with Gasteiger partial charge in [-0.15, -0.1) is 0 Å². The largest absolute Gasteiger partial charge is 0.467 e. The van der Waals surface area contributed by atoms with Gasteiger partial charge < -0.3 is 19.5 Å². The van der Waals surface area contributed by atoms with E-state index in [9.17, 15) is 0 Å². The molecule has 110 valence electrons. The molecule has 0 radical (unpaired) electrons. The number of anilines is 2. The van der Waals surface area contributed by atoms with Crippen molar-refractivity contribution in [2.45, 2.75) is 0 Å². The Morgan fingerprint density at radius 2 is 1.95 bits per heavy atom. The van der Waals surface area contributed by atoms with Crippen LogP contribution in [0.3, 0.4) is 0 Å². The fourth-order valence-corrected chi connectivity index (χ4v) is 2.40. The molecule has 0 saturated carbocycles. The monoisotopic (exact) mass is 295 g/mol. The van der Waals surface area contributed by atoms with E-state index >= 15 is 0 Å². The zero-order valence-electron chi connectivity index (χ0n) is 11.9. The number of hydrogen-bond donors (Lipinski definition) is 1. The van der Waals surface area contributed by atoms with E-state index in [0.29, 0.717) is 17.6 Å². The molecule has 1 aliphatic rings. The van der Waals surface area contributed by atoms with Crippen LogP contribution >= 0.6 is 0 Å². The molecule has 0 fully saturated rings. The summed E-state index contributed by atoms with van der Waals surface area (Å²) in [7, 11) is 1.55. The molecule has 1 N–H and O–H groups in total. The maximum Gasteiger partial charge on any atom is 0.318 e.